The SMILES string of the molecule is COc1cc(Cl)c(C)cc1NC(=O)Cc1csc(-c2ccc(CN3CCOCC3)cc2)n1. The molecule has 0 unspecified atom stereocenters. The highest BCUT2D eigenvalue weighted by molar-refractivity contribution is 7.13. The minimum atomic E-state index is -0.150. The molecule has 1 fully saturated rings. The number of morpholine rings is 1. The monoisotopic (exact) mass is 471 g/mol. The summed E-state index contributed by atoms with van der Waals surface area (Å²) in [6.07, 6.45) is 0.191. The van der Waals surface area contributed by atoms with Crippen LogP contribution in [0, 0.1) is 6.92 Å². The molecule has 1 amide bonds. The molecule has 168 valence electrons. The van der Waals surface area contributed by atoms with Crippen molar-refractivity contribution in [1.29, 1.82) is 0 Å². The van der Waals surface area contributed by atoms with Crippen LogP contribution in [-0.4, -0.2) is 49.2 Å². The molecule has 0 radical (unpaired) electrons. The van der Waals surface area contributed by atoms with E-state index < -0.39 is 0 Å². The number of rotatable bonds is 7. The summed E-state index contributed by atoms with van der Waals surface area (Å²) in [6, 6.07) is 12.0. The van der Waals surface area contributed by atoms with Crippen LogP contribution in [0.1, 0.15) is 16.8 Å². The number of aryl methyl sites for hydroxylation is 1. The summed E-state index contributed by atoms with van der Waals surface area (Å²) in [4.78, 5) is 19.6. The van der Waals surface area contributed by atoms with Crippen LogP contribution in [0.2, 0.25) is 5.02 Å². The maximum Gasteiger partial charge on any atom is 0.230 e. The molecule has 2 heterocycles. The molecule has 1 N–H and O–H groups in total. The first-order valence-electron chi connectivity index (χ1n) is 10.5. The van der Waals surface area contributed by atoms with Gasteiger partial charge in [-0.05, 0) is 24.1 Å². The minimum Gasteiger partial charge on any atom is -0.495 e. The Balaban J connectivity index is 1.37. The molecule has 0 saturated carbocycles. The lowest BCUT2D eigenvalue weighted by molar-refractivity contribution is -0.115. The Morgan fingerprint density at radius 2 is 2.00 bits per heavy atom. The van der Waals surface area contributed by atoms with Crippen molar-refractivity contribution in [2.24, 2.45) is 0 Å². The lowest BCUT2D eigenvalue weighted by atomic mass is 10.1. The van der Waals surface area contributed by atoms with Gasteiger partial charge in [0.1, 0.15) is 10.8 Å². The van der Waals surface area contributed by atoms with Crippen molar-refractivity contribution < 1.29 is 14.3 Å². The van der Waals surface area contributed by atoms with Crippen molar-refractivity contribution in [3.05, 3.63) is 63.6 Å². The third-order valence-corrected chi connectivity index (χ3v) is 6.71. The number of amides is 1. The van der Waals surface area contributed by atoms with Crippen LogP contribution in [-0.2, 0) is 22.5 Å². The Kier molecular flexibility index (Phi) is 7.42. The van der Waals surface area contributed by atoms with Crippen molar-refractivity contribution in [2.75, 3.05) is 38.7 Å². The number of carbonyl (C=O) groups excluding carboxylic acids is 1. The normalized spacial score (nSPS) is 14.3. The number of hydrogen-bond donors (Lipinski definition) is 1. The second-order valence-corrected chi connectivity index (χ2v) is 9.02. The maximum absolute atomic E-state index is 12.6. The number of methoxy groups -OCH3 is 1. The number of halogens is 1. The number of nitrogens with zero attached hydrogens (tertiary/aromatic N) is 2. The molecule has 2 aromatic carbocycles. The van der Waals surface area contributed by atoms with Crippen LogP contribution >= 0.6 is 22.9 Å². The zero-order valence-electron chi connectivity index (χ0n) is 18.2. The summed E-state index contributed by atoms with van der Waals surface area (Å²) in [5.74, 6) is 0.382. The summed E-state index contributed by atoms with van der Waals surface area (Å²) in [6.45, 7) is 6.37. The lowest BCUT2D eigenvalue weighted by Crippen LogP contribution is -2.35. The molecule has 32 heavy (non-hydrogen) atoms. The highest BCUT2D eigenvalue weighted by atomic mass is 35.5. The lowest BCUT2D eigenvalue weighted by Gasteiger charge is -2.26. The van der Waals surface area contributed by atoms with E-state index in [4.69, 9.17) is 21.1 Å². The number of anilines is 1. The van der Waals surface area contributed by atoms with E-state index in [1.165, 1.54) is 5.56 Å². The number of benzene rings is 2. The smallest absolute Gasteiger partial charge is 0.230 e. The molecule has 1 saturated heterocycles. The summed E-state index contributed by atoms with van der Waals surface area (Å²) in [5.41, 5.74) is 4.55. The number of nitrogens with one attached hydrogen (secondary N) is 1. The van der Waals surface area contributed by atoms with Gasteiger partial charge in [0, 0.05) is 41.7 Å². The zero-order chi connectivity index (χ0) is 22.5. The van der Waals surface area contributed by atoms with Gasteiger partial charge in [0.25, 0.3) is 0 Å². The fourth-order valence-electron chi connectivity index (χ4n) is 3.58. The van der Waals surface area contributed by atoms with Crippen molar-refractivity contribution in [1.82, 2.24) is 9.88 Å². The van der Waals surface area contributed by atoms with Gasteiger partial charge < -0.3 is 14.8 Å². The first-order valence-corrected chi connectivity index (χ1v) is 11.8. The van der Waals surface area contributed by atoms with Gasteiger partial charge in [-0.1, -0.05) is 35.9 Å². The molecule has 4 rings (SSSR count). The van der Waals surface area contributed by atoms with Crippen molar-refractivity contribution in [3.8, 4) is 16.3 Å². The molecule has 1 aliphatic rings. The zero-order valence-corrected chi connectivity index (χ0v) is 19.8. The molecular formula is C24H26ClN3O3S. The summed E-state index contributed by atoms with van der Waals surface area (Å²) in [7, 11) is 1.55. The largest absolute Gasteiger partial charge is 0.495 e. The van der Waals surface area contributed by atoms with Crippen molar-refractivity contribution in [2.45, 2.75) is 19.9 Å². The minimum absolute atomic E-state index is 0.150. The molecule has 6 nitrogen and oxygen atoms in total. The van der Waals surface area contributed by atoms with E-state index >= 15 is 0 Å². The first-order chi connectivity index (χ1) is 15.5. The van der Waals surface area contributed by atoms with Crippen LogP contribution in [0.4, 0.5) is 5.69 Å². The predicted octanol–water partition coefficient (Wildman–Crippen LogP) is 4.79. The number of carbonyl (C=O) groups is 1. The third kappa shape index (κ3) is 5.66. The predicted molar refractivity (Wildman–Crippen MR) is 129 cm³/mol. The molecule has 0 spiro atoms. The fraction of sp³-hybridized carbons (Fsp3) is 0.333. The van der Waals surface area contributed by atoms with Crippen LogP contribution in [0.25, 0.3) is 10.6 Å². The highest BCUT2D eigenvalue weighted by Gasteiger charge is 2.14. The Hall–Kier alpha value is -2.45. The summed E-state index contributed by atoms with van der Waals surface area (Å²) in [5, 5.41) is 6.34. The van der Waals surface area contributed by atoms with Gasteiger partial charge in [0.05, 0.1) is 38.1 Å². The van der Waals surface area contributed by atoms with E-state index in [1.807, 2.05) is 18.4 Å². The van der Waals surface area contributed by atoms with E-state index in [2.05, 4.69) is 39.5 Å². The standard InChI is InChI=1S/C24H26ClN3O3S/c1-16-11-21(22(30-2)13-20(16)25)27-23(29)12-19-15-32-24(26-19)18-5-3-17(4-6-18)14-28-7-9-31-10-8-28/h3-6,11,13,15H,7-10,12,14H2,1-2H3,(H,27,29). The van der Waals surface area contributed by atoms with Gasteiger partial charge in [-0.15, -0.1) is 11.3 Å². The number of aromatic nitrogens is 1. The molecular weight excluding hydrogens is 446 g/mol. The molecule has 8 heteroatoms. The Morgan fingerprint density at radius 1 is 1.25 bits per heavy atom. The number of thiazole rings is 1. The van der Waals surface area contributed by atoms with Crippen LogP contribution in [0.3, 0.4) is 0 Å². The van der Waals surface area contributed by atoms with Crippen molar-refractivity contribution in [3.63, 3.8) is 0 Å². The van der Waals surface area contributed by atoms with Crippen LogP contribution in [0.15, 0.2) is 41.8 Å². The fourth-order valence-corrected chi connectivity index (χ4v) is 4.56. The van der Waals surface area contributed by atoms with Crippen molar-refractivity contribution >= 4 is 34.5 Å². The molecule has 0 aliphatic carbocycles. The molecule has 0 atom stereocenters. The third-order valence-electron chi connectivity index (χ3n) is 5.36. The average Bonchev–Trinajstić information content (AvgIpc) is 3.25. The van der Waals surface area contributed by atoms with Gasteiger partial charge in [-0.2, -0.15) is 0 Å². The second kappa shape index (κ2) is 10.4. The van der Waals surface area contributed by atoms with E-state index in [0.717, 1.165) is 54.7 Å². The second-order valence-electron chi connectivity index (χ2n) is 7.76. The topological polar surface area (TPSA) is 63.7 Å². The van der Waals surface area contributed by atoms with Gasteiger partial charge in [-0.25, -0.2) is 4.98 Å². The van der Waals surface area contributed by atoms with E-state index in [9.17, 15) is 4.79 Å². The summed E-state index contributed by atoms with van der Waals surface area (Å²) < 4.78 is 10.7. The number of hydrogen-bond acceptors (Lipinski definition) is 6. The summed E-state index contributed by atoms with van der Waals surface area (Å²) >= 11 is 7.69. The highest BCUT2D eigenvalue weighted by Crippen LogP contribution is 2.31. The van der Waals surface area contributed by atoms with Crippen LogP contribution < -0.4 is 10.1 Å². The van der Waals surface area contributed by atoms with Gasteiger partial charge >= 0.3 is 0 Å². The van der Waals surface area contributed by atoms with Crippen LogP contribution in [0.5, 0.6) is 5.75 Å². The Labute approximate surface area is 197 Å². The maximum atomic E-state index is 12.6. The van der Waals surface area contributed by atoms with Gasteiger partial charge in [0.15, 0.2) is 0 Å². The van der Waals surface area contributed by atoms with E-state index in [1.54, 1.807) is 24.5 Å². The Bertz CT molecular complexity index is 1080. The molecule has 3 aromatic rings. The van der Waals surface area contributed by atoms with E-state index in [0.29, 0.717) is 16.5 Å². The molecule has 1 aliphatic heterocycles. The van der Waals surface area contributed by atoms with Gasteiger partial charge in [-0.3, -0.25) is 9.69 Å². The Morgan fingerprint density at radius 3 is 2.72 bits per heavy atom. The molecule has 1 aromatic heterocycles. The van der Waals surface area contributed by atoms with E-state index in [-0.39, 0.29) is 12.3 Å². The molecule has 0 bridgehead atoms. The van der Waals surface area contributed by atoms with Gasteiger partial charge in [0.2, 0.25) is 5.91 Å². The number of ether oxygens (including phenoxy) is 2. The quantitative estimate of drug-likeness (QED) is 0.536. The first kappa shape index (κ1) is 22.7. The average molecular weight is 472 g/mol.